The molecule has 0 saturated carbocycles. The van der Waals surface area contributed by atoms with Crippen molar-refractivity contribution in [3.05, 3.63) is 60.9 Å². The van der Waals surface area contributed by atoms with Gasteiger partial charge in [-0.2, -0.15) is 0 Å². The van der Waals surface area contributed by atoms with E-state index in [1.54, 1.807) is 6.20 Å². The van der Waals surface area contributed by atoms with Gasteiger partial charge in [0.15, 0.2) is 0 Å². The van der Waals surface area contributed by atoms with Crippen LogP contribution in [0.15, 0.2) is 60.9 Å². The molecule has 3 aromatic rings. The molecule has 1 aliphatic rings. The number of nitrogens with zero attached hydrogens (tertiary/aromatic N) is 1. The Morgan fingerprint density at radius 1 is 0.800 bits per heavy atom. The fraction of sp³-hybridized carbons (Fsp3) is 0.286. The smallest absolute Gasteiger partial charge is 0.399 e. The van der Waals surface area contributed by atoms with E-state index in [2.05, 4.69) is 75.1 Å². The summed E-state index contributed by atoms with van der Waals surface area (Å²) >= 11 is 0. The van der Waals surface area contributed by atoms with Gasteiger partial charge in [-0.05, 0) is 55.6 Å². The normalized spacial score (nSPS) is 18.6. The summed E-state index contributed by atoms with van der Waals surface area (Å²) in [6, 6.07) is 16.7. The Bertz CT molecular complexity index is 906. The highest BCUT2D eigenvalue weighted by molar-refractivity contribution is 6.65. The van der Waals surface area contributed by atoms with E-state index in [4.69, 9.17) is 9.31 Å². The first-order valence-corrected chi connectivity index (χ1v) is 8.67. The number of aromatic nitrogens is 1. The minimum absolute atomic E-state index is 0.346. The summed E-state index contributed by atoms with van der Waals surface area (Å²) in [5.41, 5.74) is 2.66. The van der Waals surface area contributed by atoms with Crippen molar-refractivity contribution in [2.24, 2.45) is 0 Å². The third-order valence-electron chi connectivity index (χ3n) is 5.44. The first-order chi connectivity index (χ1) is 11.9. The number of hydrogen-bond donors (Lipinski definition) is 0. The van der Waals surface area contributed by atoms with Crippen LogP contribution in [-0.2, 0) is 9.31 Å². The molecule has 0 spiro atoms. The lowest BCUT2D eigenvalue weighted by atomic mass is 9.75. The molecule has 0 amide bonds. The molecule has 1 aromatic heterocycles. The van der Waals surface area contributed by atoms with Crippen LogP contribution in [0.25, 0.3) is 21.9 Å². The number of rotatable bonds is 2. The van der Waals surface area contributed by atoms with Gasteiger partial charge in [0.1, 0.15) is 0 Å². The maximum absolute atomic E-state index is 6.27. The van der Waals surface area contributed by atoms with Gasteiger partial charge in [-0.15, -0.1) is 0 Å². The van der Waals surface area contributed by atoms with Gasteiger partial charge in [0, 0.05) is 18.0 Å². The maximum atomic E-state index is 6.27. The van der Waals surface area contributed by atoms with Gasteiger partial charge < -0.3 is 9.31 Å². The third-order valence-corrected chi connectivity index (χ3v) is 5.44. The minimum Gasteiger partial charge on any atom is -0.399 e. The monoisotopic (exact) mass is 331 g/mol. The third kappa shape index (κ3) is 2.66. The van der Waals surface area contributed by atoms with E-state index in [0.717, 1.165) is 16.4 Å². The second kappa shape index (κ2) is 5.68. The molecule has 0 atom stereocenters. The summed E-state index contributed by atoms with van der Waals surface area (Å²) in [6.07, 6.45) is 3.70. The lowest BCUT2D eigenvalue weighted by molar-refractivity contribution is 0.00578. The van der Waals surface area contributed by atoms with Gasteiger partial charge in [-0.3, -0.25) is 4.98 Å². The Kier molecular flexibility index (Phi) is 3.71. The van der Waals surface area contributed by atoms with Crippen LogP contribution < -0.4 is 5.46 Å². The number of fused-ring (bicyclic) bond motifs is 1. The number of pyridine rings is 1. The molecule has 0 N–H and O–H groups in total. The average Bonchev–Trinajstić information content (AvgIpc) is 2.82. The van der Waals surface area contributed by atoms with Gasteiger partial charge in [0.2, 0.25) is 0 Å². The Balaban J connectivity index is 1.86. The minimum atomic E-state index is -0.363. The van der Waals surface area contributed by atoms with Crippen molar-refractivity contribution in [2.45, 2.75) is 38.9 Å². The van der Waals surface area contributed by atoms with Crippen molar-refractivity contribution in [1.29, 1.82) is 0 Å². The first kappa shape index (κ1) is 16.3. The van der Waals surface area contributed by atoms with Gasteiger partial charge in [-0.1, -0.05) is 42.5 Å². The summed E-state index contributed by atoms with van der Waals surface area (Å²) in [7, 11) is -0.363. The Morgan fingerprint density at radius 3 is 2.12 bits per heavy atom. The zero-order valence-electron chi connectivity index (χ0n) is 15.1. The second-order valence-corrected chi connectivity index (χ2v) is 7.58. The quantitative estimate of drug-likeness (QED) is 0.660. The van der Waals surface area contributed by atoms with Gasteiger partial charge in [0.05, 0.1) is 11.2 Å². The SMILES string of the molecule is CC1(C)OB(c2ccc(-c3cccnc3)c3ccccc23)OC1(C)C. The molecule has 0 unspecified atom stereocenters. The van der Waals surface area contributed by atoms with Crippen molar-refractivity contribution in [1.82, 2.24) is 4.98 Å². The zero-order chi connectivity index (χ0) is 17.7. The van der Waals surface area contributed by atoms with Crippen molar-refractivity contribution < 1.29 is 9.31 Å². The Morgan fingerprint density at radius 2 is 1.48 bits per heavy atom. The highest BCUT2D eigenvalue weighted by Gasteiger charge is 2.52. The van der Waals surface area contributed by atoms with Crippen LogP contribution in [0.1, 0.15) is 27.7 Å². The molecule has 1 saturated heterocycles. The van der Waals surface area contributed by atoms with Gasteiger partial charge >= 0.3 is 7.12 Å². The van der Waals surface area contributed by atoms with Crippen LogP contribution in [0.3, 0.4) is 0 Å². The Labute approximate surface area is 149 Å². The average molecular weight is 331 g/mol. The molecule has 3 nitrogen and oxygen atoms in total. The summed E-state index contributed by atoms with van der Waals surface area (Å²) in [5, 5.41) is 2.34. The van der Waals surface area contributed by atoms with Crippen LogP contribution in [0.4, 0.5) is 0 Å². The molecule has 0 radical (unpaired) electrons. The van der Waals surface area contributed by atoms with Crippen LogP contribution in [0.5, 0.6) is 0 Å². The van der Waals surface area contributed by atoms with Crippen LogP contribution in [0, 0.1) is 0 Å². The largest absolute Gasteiger partial charge is 0.495 e. The molecule has 4 rings (SSSR count). The molecule has 2 heterocycles. The summed E-state index contributed by atoms with van der Waals surface area (Å²) in [6.45, 7) is 8.33. The van der Waals surface area contributed by atoms with Crippen molar-refractivity contribution in [3.8, 4) is 11.1 Å². The standard InChI is InChI=1S/C21H22BNO2/c1-20(2)21(3,4)25-22(24-20)19-12-11-16(15-8-7-13-23-14-15)17-9-5-6-10-18(17)19/h5-14H,1-4H3. The van der Waals surface area contributed by atoms with Crippen LogP contribution in [0.2, 0.25) is 0 Å². The van der Waals surface area contributed by atoms with Crippen LogP contribution >= 0.6 is 0 Å². The molecule has 0 aliphatic carbocycles. The topological polar surface area (TPSA) is 31.4 Å². The summed E-state index contributed by atoms with van der Waals surface area (Å²) in [5.74, 6) is 0. The predicted octanol–water partition coefficient (Wildman–Crippen LogP) is 4.20. The van der Waals surface area contributed by atoms with Crippen molar-refractivity contribution >= 4 is 23.4 Å². The number of hydrogen-bond acceptors (Lipinski definition) is 3. The molecule has 25 heavy (non-hydrogen) atoms. The van der Waals surface area contributed by atoms with E-state index in [1.165, 1.54) is 10.9 Å². The second-order valence-electron chi connectivity index (χ2n) is 7.58. The summed E-state index contributed by atoms with van der Waals surface area (Å²) < 4.78 is 12.5. The zero-order valence-corrected chi connectivity index (χ0v) is 15.1. The van der Waals surface area contributed by atoms with E-state index in [0.29, 0.717) is 0 Å². The van der Waals surface area contributed by atoms with Gasteiger partial charge in [0.25, 0.3) is 0 Å². The van der Waals surface area contributed by atoms with E-state index in [1.807, 2.05) is 12.3 Å². The van der Waals surface area contributed by atoms with Crippen LogP contribution in [-0.4, -0.2) is 23.3 Å². The fourth-order valence-electron chi connectivity index (χ4n) is 3.27. The Hall–Kier alpha value is -2.17. The molecule has 1 aliphatic heterocycles. The molecule has 2 aromatic carbocycles. The number of benzene rings is 2. The molecule has 126 valence electrons. The highest BCUT2D eigenvalue weighted by Crippen LogP contribution is 2.37. The summed E-state index contributed by atoms with van der Waals surface area (Å²) in [4.78, 5) is 4.26. The van der Waals surface area contributed by atoms with E-state index in [9.17, 15) is 0 Å². The van der Waals surface area contributed by atoms with Crippen molar-refractivity contribution in [2.75, 3.05) is 0 Å². The lowest BCUT2D eigenvalue weighted by Crippen LogP contribution is -2.41. The molecule has 4 heteroatoms. The van der Waals surface area contributed by atoms with E-state index >= 15 is 0 Å². The lowest BCUT2D eigenvalue weighted by Gasteiger charge is -2.32. The first-order valence-electron chi connectivity index (χ1n) is 8.67. The predicted molar refractivity (Wildman–Crippen MR) is 103 cm³/mol. The highest BCUT2D eigenvalue weighted by atomic mass is 16.7. The molecule has 0 bridgehead atoms. The van der Waals surface area contributed by atoms with Gasteiger partial charge in [-0.25, -0.2) is 0 Å². The van der Waals surface area contributed by atoms with E-state index in [-0.39, 0.29) is 18.3 Å². The fourth-order valence-corrected chi connectivity index (χ4v) is 3.27. The molecular formula is C21H22BNO2. The van der Waals surface area contributed by atoms with Crippen molar-refractivity contribution in [3.63, 3.8) is 0 Å². The molecular weight excluding hydrogens is 309 g/mol. The maximum Gasteiger partial charge on any atom is 0.495 e. The molecule has 1 fully saturated rings. The van der Waals surface area contributed by atoms with E-state index < -0.39 is 0 Å².